The number of nitrogens with two attached hydrogens (primary N) is 1. The molecule has 1 aromatic rings. The van der Waals surface area contributed by atoms with Crippen LogP contribution in [0.15, 0.2) is 15.2 Å². The Morgan fingerprint density at radius 3 is 3.00 bits per heavy atom. The number of nitrogens with zero attached hydrogens (tertiary/aromatic N) is 1. The predicted octanol–water partition coefficient (Wildman–Crippen LogP) is 2.45. The molecule has 0 amide bonds. The van der Waals surface area contributed by atoms with Crippen LogP contribution in [0.2, 0.25) is 0 Å². The van der Waals surface area contributed by atoms with Crippen LogP contribution in [-0.4, -0.2) is 37.2 Å². The number of ether oxygens (including phenoxy) is 1. The molecule has 2 heterocycles. The lowest BCUT2D eigenvalue weighted by Gasteiger charge is -2.43. The maximum atomic E-state index is 5.97. The van der Waals surface area contributed by atoms with Gasteiger partial charge in [0.1, 0.15) is 0 Å². The van der Waals surface area contributed by atoms with Crippen LogP contribution in [0.1, 0.15) is 18.4 Å². The van der Waals surface area contributed by atoms with Crippen molar-refractivity contribution in [2.24, 2.45) is 5.73 Å². The molecule has 17 heavy (non-hydrogen) atoms. The topological polar surface area (TPSA) is 38.5 Å². The Hall–Kier alpha value is 0.0600. The molecule has 96 valence electrons. The summed E-state index contributed by atoms with van der Waals surface area (Å²) in [4.78, 5) is 2.35. The van der Waals surface area contributed by atoms with Gasteiger partial charge < -0.3 is 10.5 Å². The highest BCUT2D eigenvalue weighted by atomic mass is 79.9. The zero-order valence-electron chi connectivity index (χ0n) is 10.1. The Bertz CT molecular complexity index is 363. The lowest BCUT2D eigenvalue weighted by Crippen LogP contribution is -2.56. The van der Waals surface area contributed by atoms with Crippen LogP contribution in [0.5, 0.6) is 0 Å². The van der Waals surface area contributed by atoms with E-state index in [1.54, 1.807) is 11.3 Å². The Balaban J connectivity index is 2.04. The quantitative estimate of drug-likeness (QED) is 0.926. The molecule has 0 spiro atoms. The van der Waals surface area contributed by atoms with E-state index in [0.29, 0.717) is 6.54 Å². The molecule has 1 aliphatic rings. The Kier molecular flexibility index (Phi) is 4.60. The number of likely N-dealkylation sites (N-methyl/N-ethyl adjacent to an activating group) is 1. The van der Waals surface area contributed by atoms with Gasteiger partial charge in [-0.05, 0) is 52.8 Å². The van der Waals surface area contributed by atoms with Crippen LogP contribution in [0, 0.1) is 0 Å². The average molecular weight is 319 g/mol. The monoisotopic (exact) mass is 318 g/mol. The third-order valence-corrected chi connectivity index (χ3v) is 5.09. The highest BCUT2D eigenvalue weighted by Gasteiger charge is 2.35. The molecule has 2 N–H and O–H groups in total. The molecule has 1 atom stereocenters. The largest absolute Gasteiger partial charge is 0.379 e. The van der Waals surface area contributed by atoms with Gasteiger partial charge in [0, 0.05) is 19.7 Å². The second kappa shape index (κ2) is 5.80. The van der Waals surface area contributed by atoms with Crippen molar-refractivity contribution < 1.29 is 4.74 Å². The van der Waals surface area contributed by atoms with Crippen LogP contribution >= 0.6 is 27.3 Å². The van der Waals surface area contributed by atoms with Crippen molar-refractivity contribution in [2.45, 2.75) is 24.9 Å². The predicted molar refractivity (Wildman–Crippen MR) is 75.3 cm³/mol. The number of thiophene rings is 1. The van der Waals surface area contributed by atoms with E-state index < -0.39 is 0 Å². The first kappa shape index (κ1) is 13.5. The van der Waals surface area contributed by atoms with Crippen LogP contribution in [0.4, 0.5) is 0 Å². The van der Waals surface area contributed by atoms with Gasteiger partial charge in [-0.25, -0.2) is 0 Å². The second-order valence-electron chi connectivity index (χ2n) is 4.70. The maximum absolute atomic E-state index is 5.97. The van der Waals surface area contributed by atoms with E-state index in [2.05, 4.69) is 39.3 Å². The zero-order valence-corrected chi connectivity index (χ0v) is 12.5. The molecule has 0 bridgehead atoms. The fraction of sp³-hybridized carbons (Fsp3) is 0.667. The summed E-state index contributed by atoms with van der Waals surface area (Å²) >= 11 is 5.23. The molecule has 5 heteroatoms. The van der Waals surface area contributed by atoms with Gasteiger partial charge in [0.25, 0.3) is 0 Å². The summed E-state index contributed by atoms with van der Waals surface area (Å²) in [6.07, 6.45) is 2.24. The van der Waals surface area contributed by atoms with E-state index in [4.69, 9.17) is 10.5 Å². The van der Waals surface area contributed by atoms with Crippen molar-refractivity contribution >= 4 is 27.3 Å². The van der Waals surface area contributed by atoms with Crippen molar-refractivity contribution in [3.63, 3.8) is 0 Å². The van der Waals surface area contributed by atoms with Crippen LogP contribution < -0.4 is 5.73 Å². The first-order valence-electron chi connectivity index (χ1n) is 5.88. The number of hydrogen-bond acceptors (Lipinski definition) is 4. The third-order valence-electron chi connectivity index (χ3n) is 3.53. The standard InChI is InChI=1S/C12H19BrN2OS/c1-15(6-10-5-11(13)17-7-10)12(8-14)3-2-4-16-9-12/h5,7H,2-4,6,8-9,14H2,1H3. The molecular formula is C12H19BrN2OS. The van der Waals surface area contributed by atoms with Gasteiger partial charge in [-0.3, -0.25) is 4.90 Å². The van der Waals surface area contributed by atoms with Crippen molar-refractivity contribution in [2.75, 3.05) is 26.8 Å². The molecule has 0 aromatic carbocycles. The maximum Gasteiger partial charge on any atom is 0.0701 e. The summed E-state index contributed by atoms with van der Waals surface area (Å²) in [7, 11) is 2.15. The summed E-state index contributed by atoms with van der Waals surface area (Å²) in [5.74, 6) is 0. The van der Waals surface area contributed by atoms with Gasteiger partial charge in [-0.15, -0.1) is 11.3 Å². The van der Waals surface area contributed by atoms with Gasteiger partial charge in [-0.1, -0.05) is 0 Å². The van der Waals surface area contributed by atoms with Crippen LogP contribution in [-0.2, 0) is 11.3 Å². The first-order chi connectivity index (χ1) is 8.16. The van der Waals surface area contributed by atoms with E-state index in [9.17, 15) is 0 Å². The zero-order chi connectivity index (χ0) is 12.3. The summed E-state index contributed by atoms with van der Waals surface area (Å²) in [5, 5.41) is 2.19. The third kappa shape index (κ3) is 3.09. The minimum atomic E-state index is 0.0205. The fourth-order valence-electron chi connectivity index (χ4n) is 2.33. The average Bonchev–Trinajstić information content (AvgIpc) is 2.75. The highest BCUT2D eigenvalue weighted by Crippen LogP contribution is 2.28. The van der Waals surface area contributed by atoms with Gasteiger partial charge in [-0.2, -0.15) is 0 Å². The number of rotatable bonds is 4. The summed E-state index contributed by atoms with van der Waals surface area (Å²) < 4.78 is 6.80. The minimum absolute atomic E-state index is 0.0205. The second-order valence-corrected chi connectivity index (χ2v) is 6.99. The molecule has 2 rings (SSSR count). The molecular weight excluding hydrogens is 300 g/mol. The van der Waals surface area contributed by atoms with Gasteiger partial charge in [0.05, 0.1) is 15.9 Å². The summed E-state index contributed by atoms with van der Waals surface area (Å²) in [6, 6.07) is 2.18. The van der Waals surface area contributed by atoms with Crippen molar-refractivity contribution in [3.05, 3.63) is 20.8 Å². The van der Waals surface area contributed by atoms with Crippen LogP contribution in [0.3, 0.4) is 0 Å². The molecule has 0 saturated carbocycles. The van der Waals surface area contributed by atoms with Gasteiger partial charge >= 0.3 is 0 Å². The summed E-state index contributed by atoms with van der Waals surface area (Å²) in [6.45, 7) is 3.22. The van der Waals surface area contributed by atoms with Gasteiger partial charge in [0.2, 0.25) is 0 Å². The molecule has 0 radical (unpaired) electrons. The molecule has 0 aliphatic carbocycles. The van der Waals surface area contributed by atoms with E-state index in [1.165, 1.54) is 9.35 Å². The molecule has 1 unspecified atom stereocenters. The van der Waals surface area contributed by atoms with Gasteiger partial charge in [0.15, 0.2) is 0 Å². The van der Waals surface area contributed by atoms with E-state index in [-0.39, 0.29) is 5.54 Å². The molecule has 1 saturated heterocycles. The van der Waals surface area contributed by atoms with E-state index >= 15 is 0 Å². The minimum Gasteiger partial charge on any atom is -0.379 e. The Labute approximate surface area is 115 Å². The van der Waals surface area contributed by atoms with E-state index in [1.807, 2.05) is 0 Å². The van der Waals surface area contributed by atoms with Crippen LogP contribution in [0.25, 0.3) is 0 Å². The SMILES string of the molecule is CN(Cc1csc(Br)c1)C1(CN)CCCOC1. The molecule has 1 fully saturated rings. The Morgan fingerprint density at radius 2 is 2.47 bits per heavy atom. The lowest BCUT2D eigenvalue weighted by molar-refractivity contribution is -0.0374. The van der Waals surface area contributed by atoms with Crippen molar-refractivity contribution in [1.29, 1.82) is 0 Å². The van der Waals surface area contributed by atoms with Crippen molar-refractivity contribution in [3.8, 4) is 0 Å². The highest BCUT2D eigenvalue weighted by molar-refractivity contribution is 9.11. The number of halogens is 1. The first-order valence-corrected chi connectivity index (χ1v) is 7.55. The Morgan fingerprint density at radius 1 is 1.65 bits per heavy atom. The van der Waals surface area contributed by atoms with Crippen molar-refractivity contribution in [1.82, 2.24) is 4.90 Å². The smallest absolute Gasteiger partial charge is 0.0701 e. The lowest BCUT2D eigenvalue weighted by atomic mass is 9.90. The fourth-order valence-corrected chi connectivity index (χ4v) is 3.53. The normalized spacial score (nSPS) is 25.4. The molecule has 1 aliphatic heterocycles. The molecule has 3 nitrogen and oxygen atoms in total. The number of hydrogen-bond donors (Lipinski definition) is 1. The van der Waals surface area contributed by atoms with E-state index in [0.717, 1.165) is 32.6 Å². The molecule has 1 aromatic heterocycles. The summed E-state index contributed by atoms with van der Waals surface area (Å²) in [5.41, 5.74) is 7.33.